The molecule has 4 N–H and O–H groups in total. The first-order chi connectivity index (χ1) is 13.2. The average Bonchev–Trinajstić information content (AvgIpc) is 3.06. The molecule has 0 aromatic carbocycles. The number of nitrogens with zero attached hydrogens (tertiary/aromatic N) is 1. The number of aliphatic hydroxyl groups is 1. The molecule has 0 aliphatic heterocycles. The molecule has 0 fully saturated rings. The summed E-state index contributed by atoms with van der Waals surface area (Å²) in [4.78, 5) is 40.9. The molecule has 0 bridgehead atoms. The highest BCUT2D eigenvalue weighted by atomic mass is 32.1. The van der Waals surface area contributed by atoms with Gasteiger partial charge in [0.2, 0.25) is 11.8 Å². The zero-order chi connectivity index (χ0) is 21.4. The minimum absolute atomic E-state index is 0.0458. The van der Waals surface area contributed by atoms with Crippen molar-refractivity contribution in [2.24, 2.45) is 5.92 Å². The SMILES string of the molecule is CCC[C@H](NC(=O)[C@H](O)C(CC)CC)C(=O)Nc1nc(C(=O)O)c(C(C)C)s1. The third kappa shape index (κ3) is 6.27. The Morgan fingerprint density at radius 2 is 1.71 bits per heavy atom. The van der Waals surface area contributed by atoms with Crippen molar-refractivity contribution in [3.63, 3.8) is 0 Å². The smallest absolute Gasteiger partial charge is 0.355 e. The van der Waals surface area contributed by atoms with Gasteiger partial charge in [-0.3, -0.25) is 9.59 Å². The number of carbonyl (C=O) groups excluding carboxylic acids is 2. The summed E-state index contributed by atoms with van der Waals surface area (Å²) in [5, 5.41) is 24.9. The van der Waals surface area contributed by atoms with Crippen molar-refractivity contribution in [1.29, 1.82) is 0 Å². The summed E-state index contributed by atoms with van der Waals surface area (Å²) in [5.74, 6) is -2.41. The van der Waals surface area contributed by atoms with Gasteiger partial charge in [-0.25, -0.2) is 9.78 Å². The number of rotatable bonds is 11. The van der Waals surface area contributed by atoms with Gasteiger partial charge in [-0.15, -0.1) is 11.3 Å². The second-order valence-electron chi connectivity index (χ2n) is 7.05. The molecule has 0 aliphatic rings. The number of thiazole rings is 1. The molecular formula is C19H31N3O5S. The van der Waals surface area contributed by atoms with Gasteiger partial charge in [-0.1, -0.05) is 53.9 Å². The van der Waals surface area contributed by atoms with E-state index < -0.39 is 29.9 Å². The summed E-state index contributed by atoms with van der Waals surface area (Å²) in [6.07, 6.45) is 1.18. The van der Waals surface area contributed by atoms with Crippen molar-refractivity contribution in [3.05, 3.63) is 10.6 Å². The van der Waals surface area contributed by atoms with Crippen LogP contribution in [0.4, 0.5) is 5.13 Å². The number of anilines is 1. The predicted molar refractivity (Wildman–Crippen MR) is 109 cm³/mol. The summed E-state index contributed by atoms with van der Waals surface area (Å²) in [6, 6.07) is -0.832. The number of aliphatic hydroxyl groups excluding tert-OH is 1. The average molecular weight is 414 g/mol. The standard InChI is InChI=1S/C19H31N3O5S/c1-6-9-12(20-17(25)14(23)11(7-2)8-3)16(24)22-19-21-13(18(26)27)15(28-19)10(4)5/h10-12,14,23H,6-9H2,1-5H3,(H,20,25)(H,26,27)(H,21,22,24)/t12-,14+/m0/s1. The zero-order valence-electron chi connectivity index (χ0n) is 17.1. The molecule has 0 spiro atoms. The number of carboxylic acids is 1. The van der Waals surface area contributed by atoms with E-state index in [9.17, 15) is 24.6 Å². The molecule has 1 aromatic rings. The summed E-state index contributed by atoms with van der Waals surface area (Å²) in [6.45, 7) is 9.38. The minimum atomic E-state index is -1.17. The van der Waals surface area contributed by atoms with Crippen LogP contribution in [-0.2, 0) is 9.59 Å². The lowest BCUT2D eigenvalue weighted by Gasteiger charge is -2.23. The van der Waals surface area contributed by atoms with Crippen molar-refractivity contribution >= 4 is 34.3 Å². The quantitative estimate of drug-likeness (QED) is 0.441. The van der Waals surface area contributed by atoms with E-state index in [1.807, 2.05) is 34.6 Å². The highest BCUT2D eigenvalue weighted by Crippen LogP contribution is 2.30. The van der Waals surface area contributed by atoms with Gasteiger partial charge in [-0.05, 0) is 18.3 Å². The number of carbonyl (C=O) groups is 3. The maximum atomic E-state index is 12.6. The molecular weight excluding hydrogens is 382 g/mol. The fourth-order valence-electron chi connectivity index (χ4n) is 2.89. The molecule has 0 saturated heterocycles. The number of carboxylic acid groups (broad SMARTS) is 1. The highest BCUT2D eigenvalue weighted by Gasteiger charge is 2.29. The summed E-state index contributed by atoms with van der Waals surface area (Å²) in [5.41, 5.74) is -0.0736. The Kier molecular flexibility index (Phi) is 9.54. The lowest BCUT2D eigenvalue weighted by molar-refractivity contribution is -0.135. The van der Waals surface area contributed by atoms with Gasteiger partial charge in [-0.2, -0.15) is 0 Å². The van der Waals surface area contributed by atoms with Crippen LogP contribution in [0.15, 0.2) is 0 Å². The van der Waals surface area contributed by atoms with Crippen molar-refractivity contribution in [2.45, 2.75) is 78.4 Å². The van der Waals surface area contributed by atoms with Gasteiger partial charge in [0.15, 0.2) is 10.8 Å². The lowest BCUT2D eigenvalue weighted by atomic mass is 9.95. The Balaban J connectivity index is 2.92. The highest BCUT2D eigenvalue weighted by molar-refractivity contribution is 7.16. The Labute approximate surface area is 169 Å². The molecule has 0 unspecified atom stereocenters. The van der Waals surface area contributed by atoms with Crippen LogP contribution in [0.3, 0.4) is 0 Å². The zero-order valence-corrected chi connectivity index (χ0v) is 17.9. The fraction of sp³-hybridized carbons (Fsp3) is 0.684. The van der Waals surface area contributed by atoms with Gasteiger partial charge in [0.1, 0.15) is 12.1 Å². The molecule has 0 aliphatic carbocycles. The second-order valence-corrected chi connectivity index (χ2v) is 8.08. The van der Waals surface area contributed by atoms with Gasteiger partial charge < -0.3 is 20.8 Å². The summed E-state index contributed by atoms with van der Waals surface area (Å²) in [7, 11) is 0. The maximum absolute atomic E-state index is 12.6. The Morgan fingerprint density at radius 3 is 2.14 bits per heavy atom. The first-order valence-corrected chi connectivity index (χ1v) is 10.5. The number of aromatic carboxylic acids is 1. The van der Waals surface area contributed by atoms with Gasteiger partial charge in [0.05, 0.1) is 0 Å². The number of hydrogen-bond donors (Lipinski definition) is 4. The normalized spacial score (nSPS) is 13.4. The van der Waals surface area contributed by atoms with E-state index in [0.717, 1.165) is 11.3 Å². The minimum Gasteiger partial charge on any atom is -0.476 e. The van der Waals surface area contributed by atoms with E-state index in [2.05, 4.69) is 15.6 Å². The Hall–Kier alpha value is -2.00. The van der Waals surface area contributed by atoms with E-state index in [1.54, 1.807) is 0 Å². The molecule has 1 rings (SSSR count). The van der Waals surface area contributed by atoms with Gasteiger partial charge in [0, 0.05) is 4.88 Å². The van der Waals surface area contributed by atoms with Crippen LogP contribution in [0, 0.1) is 5.92 Å². The van der Waals surface area contributed by atoms with Gasteiger partial charge >= 0.3 is 5.97 Å². The molecule has 2 amide bonds. The van der Waals surface area contributed by atoms with Gasteiger partial charge in [0.25, 0.3) is 0 Å². The van der Waals surface area contributed by atoms with Crippen LogP contribution in [0.1, 0.15) is 81.6 Å². The summed E-state index contributed by atoms with van der Waals surface area (Å²) >= 11 is 1.11. The number of amides is 2. The molecule has 1 heterocycles. The van der Waals surface area contributed by atoms with Crippen molar-refractivity contribution < 1.29 is 24.6 Å². The van der Waals surface area contributed by atoms with Crippen LogP contribution >= 0.6 is 11.3 Å². The molecule has 0 saturated carbocycles. The van der Waals surface area contributed by atoms with Crippen molar-refractivity contribution in [2.75, 3.05) is 5.32 Å². The lowest BCUT2D eigenvalue weighted by Crippen LogP contribution is -2.49. The van der Waals surface area contributed by atoms with Crippen LogP contribution in [-0.4, -0.2) is 45.1 Å². The van der Waals surface area contributed by atoms with Crippen molar-refractivity contribution in [1.82, 2.24) is 10.3 Å². The van der Waals surface area contributed by atoms with E-state index in [4.69, 9.17) is 0 Å². The van der Waals surface area contributed by atoms with Crippen molar-refractivity contribution in [3.8, 4) is 0 Å². The largest absolute Gasteiger partial charge is 0.476 e. The molecule has 8 nitrogen and oxygen atoms in total. The van der Waals surface area contributed by atoms with Crippen LogP contribution < -0.4 is 10.6 Å². The topological polar surface area (TPSA) is 129 Å². The Bertz CT molecular complexity index is 685. The number of nitrogens with one attached hydrogen (secondary N) is 2. The van der Waals surface area contributed by atoms with Crippen LogP contribution in [0.2, 0.25) is 0 Å². The summed E-state index contributed by atoms with van der Waals surface area (Å²) < 4.78 is 0. The number of hydrogen-bond acceptors (Lipinski definition) is 6. The molecule has 158 valence electrons. The molecule has 0 radical (unpaired) electrons. The van der Waals surface area contributed by atoms with E-state index in [0.29, 0.717) is 30.6 Å². The van der Waals surface area contributed by atoms with E-state index in [1.165, 1.54) is 0 Å². The molecule has 9 heteroatoms. The Morgan fingerprint density at radius 1 is 1.11 bits per heavy atom. The van der Waals surface area contributed by atoms with Crippen LogP contribution in [0.25, 0.3) is 0 Å². The monoisotopic (exact) mass is 413 g/mol. The van der Waals surface area contributed by atoms with E-state index in [-0.39, 0.29) is 22.7 Å². The predicted octanol–water partition coefficient (Wildman–Crippen LogP) is 2.99. The molecule has 28 heavy (non-hydrogen) atoms. The molecule has 2 atom stereocenters. The van der Waals surface area contributed by atoms with E-state index >= 15 is 0 Å². The number of aromatic nitrogens is 1. The second kappa shape index (κ2) is 11.1. The first-order valence-electron chi connectivity index (χ1n) is 9.69. The fourth-order valence-corrected chi connectivity index (χ4v) is 3.85. The van der Waals surface area contributed by atoms with Crippen LogP contribution in [0.5, 0.6) is 0 Å². The molecule has 1 aromatic heterocycles. The first kappa shape index (κ1) is 24.0. The maximum Gasteiger partial charge on any atom is 0.355 e. The third-order valence-electron chi connectivity index (χ3n) is 4.58. The third-order valence-corrected chi connectivity index (χ3v) is 5.86.